The molecular weight excluding hydrogens is 466 g/mol. The highest BCUT2D eigenvalue weighted by molar-refractivity contribution is 7.90. The average molecular weight is 494 g/mol. The van der Waals surface area contributed by atoms with Crippen molar-refractivity contribution in [2.75, 3.05) is 10.7 Å². The zero-order valence-electron chi connectivity index (χ0n) is 19.3. The van der Waals surface area contributed by atoms with Crippen LogP contribution in [-0.2, 0) is 26.9 Å². The molecule has 0 radical (unpaired) electrons. The third-order valence-corrected chi connectivity index (χ3v) is 8.48. The van der Waals surface area contributed by atoms with Gasteiger partial charge in [0.1, 0.15) is 0 Å². The Morgan fingerprint density at radius 2 is 1.71 bits per heavy atom. The molecule has 0 aliphatic carbocycles. The molecule has 4 rings (SSSR count). The molecular formula is C26H27N3O3S2. The lowest BCUT2D eigenvalue weighted by molar-refractivity contribution is -0.118. The molecule has 0 fully saturated rings. The molecule has 34 heavy (non-hydrogen) atoms. The van der Waals surface area contributed by atoms with Crippen molar-refractivity contribution in [2.45, 2.75) is 39.0 Å². The van der Waals surface area contributed by atoms with Crippen LogP contribution in [0.4, 0.5) is 5.13 Å². The summed E-state index contributed by atoms with van der Waals surface area (Å²) in [5, 5.41) is 0.607. The second-order valence-electron chi connectivity index (χ2n) is 8.36. The molecule has 0 saturated carbocycles. The van der Waals surface area contributed by atoms with Crippen LogP contribution in [0.25, 0.3) is 10.2 Å². The van der Waals surface area contributed by atoms with Gasteiger partial charge in [-0.15, -0.1) is 0 Å². The lowest BCUT2D eigenvalue weighted by Crippen LogP contribution is -2.31. The largest absolute Gasteiger partial charge is 0.282 e. The number of pyridine rings is 1. The molecule has 0 aliphatic rings. The monoisotopic (exact) mass is 493 g/mol. The Morgan fingerprint density at radius 3 is 2.41 bits per heavy atom. The van der Waals surface area contributed by atoms with Crippen molar-refractivity contribution < 1.29 is 13.2 Å². The number of nitrogens with zero attached hydrogens (tertiary/aromatic N) is 3. The lowest BCUT2D eigenvalue weighted by atomic mass is 10.1. The highest BCUT2D eigenvalue weighted by Crippen LogP contribution is 2.34. The van der Waals surface area contributed by atoms with Gasteiger partial charge in [-0.3, -0.25) is 14.7 Å². The first-order valence-electron chi connectivity index (χ1n) is 11.1. The lowest BCUT2D eigenvalue weighted by Gasteiger charge is -2.19. The van der Waals surface area contributed by atoms with E-state index in [0.717, 1.165) is 32.6 Å². The normalized spacial score (nSPS) is 11.6. The number of hydrogen-bond acceptors (Lipinski definition) is 6. The van der Waals surface area contributed by atoms with Crippen molar-refractivity contribution in [1.82, 2.24) is 9.97 Å². The number of aryl methyl sites for hydroxylation is 2. The molecule has 1 amide bonds. The van der Waals surface area contributed by atoms with Gasteiger partial charge in [-0.1, -0.05) is 59.9 Å². The van der Waals surface area contributed by atoms with Crippen LogP contribution < -0.4 is 4.90 Å². The van der Waals surface area contributed by atoms with Crippen LogP contribution in [0, 0.1) is 13.8 Å². The molecule has 0 N–H and O–H groups in total. The first-order valence-corrected chi connectivity index (χ1v) is 13.8. The Labute approximate surface area is 204 Å². The summed E-state index contributed by atoms with van der Waals surface area (Å²) < 4.78 is 26.2. The van der Waals surface area contributed by atoms with E-state index in [1.165, 1.54) is 11.3 Å². The maximum absolute atomic E-state index is 13.3. The van der Waals surface area contributed by atoms with Gasteiger partial charge < -0.3 is 0 Å². The maximum Gasteiger partial charge on any atom is 0.229 e. The van der Waals surface area contributed by atoms with Crippen LogP contribution in [-0.4, -0.2) is 30.0 Å². The molecule has 6 nitrogen and oxygen atoms in total. The first-order chi connectivity index (χ1) is 16.3. The minimum atomic E-state index is -3.31. The Bertz CT molecular complexity index is 1350. The summed E-state index contributed by atoms with van der Waals surface area (Å²) in [6.45, 7) is 4.33. The average Bonchev–Trinajstić information content (AvgIpc) is 3.27. The second kappa shape index (κ2) is 10.4. The third kappa shape index (κ3) is 5.87. The minimum absolute atomic E-state index is 0.0178. The summed E-state index contributed by atoms with van der Waals surface area (Å²) in [6.07, 6.45) is 2.07. The van der Waals surface area contributed by atoms with Crippen LogP contribution in [0.2, 0.25) is 0 Å². The number of carbonyl (C=O) groups excluding carboxylic acids is 1. The second-order valence-corrected chi connectivity index (χ2v) is 11.5. The molecule has 0 aliphatic heterocycles. The van der Waals surface area contributed by atoms with Crippen molar-refractivity contribution in [1.29, 1.82) is 0 Å². The molecule has 0 atom stereocenters. The van der Waals surface area contributed by atoms with E-state index in [-0.39, 0.29) is 36.8 Å². The van der Waals surface area contributed by atoms with Crippen molar-refractivity contribution in [3.63, 3.8) is 0 Å². The zero-order valence-corrected chi connectivity index (χ0v) is 20.9. The molecule has 2 heterocycles. The van der Waals surface area contributed by atoms with E-state index in [4.69, 9.17) is 4.98 Å². The number of thiazole rings is 1. The van der Waals surface area contributed by atoms with Crippen molar-refractivity contribution in [2.24, 2.45) is 0 Å². The molecule has 0 spiro atoms. The van der Waals surface area contributed by atoms with E-state index in [1.807, 2.05) is 56.3 Å². The van der Waals surface area contributed by atoms with Crippen LogP contribution in [0.15, 0.2) is 66.9 Å². The van der Waals surface area contributed by atoms with Gasteiger partial charge in [-0.2, -0.15) is 0 Å². The molecule has 2 aromatic carbocycles. The number of aromatic nitrogens is 2. The number of rotatable bonds is 9. The predicted molar refractivity (Wildman–Crippen MR) is 138 cm³/mol. The molecule has 8 heteroatoms. The number of anilines is 1. The molecule has 0 bridgehead atoms. The minimum Gasteiger partial charge on any atom is -0.282 e. The summed E-state index contributed by atoms with van der Waals surface area (Å²) in [7, 11) is -3.31. The highest BCUT2D eigenvalue weighted by Gasteiger charge is 2.22. The first kappa shape index (κ1) is 24.0. The molecule has 0 unspecified atom stereocenters. The van der Waals surface area contributed by atoms with E-state index in [1.54, 1.807) is 23.2 Å². The SMILES string of the molecule is Cc1ccc(C)c2sc(N(Cc3ccccn3)C(=O)CCCS(=O)(=O)Cc3ccccc3)nc12. The molecule has 4 aromatic rings. The summed E-state index contributed by atoms with van der Waals surface area (Å²) in [5.41, 5.74) is 4.57. The third-order valence-electron chi connectivity index (χ3n) is 5.58. The van der Waals surface area contributed by atoms with E-state index in [2.05, 4.69) is 11.1 Å². The molecule has 176 valence electrons. The molecule has 0 saturated heterocycles. The number of benzene rings is 2. The van der Waals surface area contributed by atoms with E-state index < -0.39 is 9.84 Å². The van der Waals surface area contributed by atoms with Crippen molar-refractivity contribution in [3.8, 4) is 0 Å². The number of hydrogen-bond donors (Lipinski definition) is 0. The Morgan fingerprint density at radius 1 is 0.971 bits per heavy atom. The van der Waals surface area contributed by atoms with E-state index in [0.29, 0.717) is 5.13 Å². The van der Waals surface area contributed by atoms with Crippen LogP contribution >= 0.6 is 11.3 Å². The Hall–Kier alpha value is -3.10. The van der Waals surface area contributed by atoms with Gasteiger partial charge in [0.2, 0.25) is 5.91 Å². The van der Waals surface area contributed by atoms with Gasteiger partial charge in [0.25, 0.3) is 0 Å². The predicted octanol–water partition coefficient (Wildman–Crippen LogP) is 5.24. The number of amides is 1. The van der Waals surface area contributed by atoms with Gasteiger partial charge in [0.15, 0.2) is 15.0 Å². The summed E-state index contributed by atoms with van der Waals surface area (Å²) in [5.74, 6) is -0.214. The Balaban J connectivity index is 1.52. The van der Waals surface area contributed by atoms with E-state index >= 15 is 0 Å². The summed E-state index contributed by atoms with van der Waals surface area (Å²) >= 11 is 1.48. The fraction of sp³-hybridized carbons (Fsp3) is 0.269. The fourth-order valence-corrected chi connectivity index (χ4v) is 6.32. The topological polar surface area (TPSA) is 80.2 Å². The van der Waals surface area contributed by atoms with Crippen LogP contribution in [0.1, 0.15) is 35.2 Å². The maximum atomic E-state index is 13.3. The standard InChI is InChI=1S/C26H27N3O3S2/c1-19-13-14-20(2)25-24(19)28-26(33-25)29(17-22-11-6-7-15-27-22)23(30)12-8-16-34(31,32)18-21-9-4-3-5-10-21/h3-7,9-11,13-15H,8,12,16-18H2,1-2H3. The number of sulfone groups is 1. The number of fused-ring (bicyclic) bond motifs is 1. The quantitative estimate of drug-likeness (QED) is 0.319. The van der Waals surface area contributed by atoms with Gasteiger partial charge >= 0.3 is 0 Å². The van der Waals surface area contributed by atoms with Crippen molar-refractivity contribution >= 4 is 42.4 Å². The zero-order chi connectivity index (χ0) is 24.1. The van der Waals surface area contributed by atoms with Crippen LogP contribution in [0.5, 0.6) is 0 Å². The number of carbonyl (C=O) groups is 1. The molecule has 2 aromatic heterocycles. The van der Waals surface area contributed by atoms with E-state index in [9.17, 15) is 13.2 Å². The van der Waals surface area contributed by atoms with Gasteiger partial charge in [-0.25, -0.2) is 13.4 Å². The van der Waals surface area contributed by atoms with Gasteiger partial charge in [-0.05, 0) is 49.1 Å². The van der Waals surface area contributed by atoms with Crippen molar-refractivity contribution in [3.05, 3.63) is 89.2 Å². The summed E-state index contributed by atoms with van der Waals surface area (Å²) in [6, 6.07) is 18.8. The smallest absolute Gasteiger partial charge is 0.229 e. The van der Waals surface area contributed by atoms with Crippen LogP contribution in [0.3, 0.4) is 0 Å². The fourth-order valence-electron chi connectivity index (χ4n) is 3.76. The Kier molecular flexibility index (Phi) is 7.38. The summed E-state index contributed by atoms with van der Waals surface area (Å²) in [4.78, 5) is 24.1. The van der Waals surface area contributed by atoms with Gasteiger partial charge in [0, 0.05) is 12.6 Å². The van der Waals surface area contributed by atoms with Gasteiger partial charge in [0.05, 0.1) is 34.0 Å². The highest BCUT2D eigenvalue weighted by atomic mass is 32.2.